The molecule has 0 saturated carbocycles. The SMILES string of the molecule is CC(Oc1ccccc1Cl)C(=O)NNC(=O)c1ccc(Cl)cc1Cl. The number of carbonyl (C=O) groups excluding carboxylic acids is 2. The number of amides is 2. The molecule has 24 heavy (non-hydrogen) atoms. The fraction of sp³-hybridized carbons (Fsp3) is 0.125. The third-order valence-corrected chi connectivity index (χ3v) is 3.84. The Morgan fingerprint density at radius 1 is 1.00 bits per heavy atom. The van der Waals surface area contributed by atoms with Crippen molar-refractivity contribution < 1.29 is 14.3 Å². The first kappa shape index (κ1) is 18.4. The van der Waals surface area contributed by atoms with E-state index in [1.165, 1.54) is 25.1 Å². The van der Waals surface area contributed by atoms with E-state index in [9.17, 15) is 9.59 Å². The third-order valence-electron chi connectivity index (χ3n) is 2.98. The van der Waals surface area contributed by atoms with Crippen molar-refractivity contribution in [3.63, 3.8) is 0 Å². The number of hydrogen-bond donors (Lipinski definition) is 2. The van der Waals surface area contributed by atoms with Crippen molar-refractivity contribution in [2.75, 3.05) is 0 Å². The zero-order valence-corrected chi connectivity index (χ0v) is 14.7. The Morgan fingerprint density at radius 3 is 2.38 bits per heavy atom. The Kier molecular flexibility index (Phi) is 6.31. The van der Waals surface area contributed by atoms with Crippen LogP contribution in [-0.2, 0) is 4.79 Å². The van der Waals surface area contributed by atoms with Crippen LogP contribution in [0.15, 0.2) is 42.5 Å². The highest BCUT2D eigenvalue weighted by Gasteiger charge is 2.18. The van der Waals surface area contributed by atoms with Crippen molar-refractivity contribution in [2.45, 2.75) is 13.0 Å². The van der Waals surface area contributed by atoms with Gasteiger partial charge in [0.15, 0.2) is 6.10 Å². The molecule has 8 heteroatoms. The number of para-hydroxylation sites is 1. The molecule has 2 amide bonds. The molecule has 0 fully saturated rings. The van der Waals surface area contributed by atoms with Crippen LogP contribution in [0.25, 0.3) is 0 Å². The third kappa shape index (κ3) is 4.77. The van der Waals surface area contributed by atoms with Crippen LogP contribution in [-0.4, -0.2) is 17.9 Å². The smallest absolute Gasteiger partial charge is 0.279 e. The summed E-state index contributed by atoms with van der Waals surface area (Å²) in [5.41, 5.74) is 4.71. The van der Waals surface area contributed by atoms with Crippen molar-refractivity contribution >= 4 is 46.6 Å². The van der Waals surface area contributed by atoms with Gasteiger partial charge in [0, 0.05) is 5.02 Å². The summed E-state index contributed by atoms with van der Waals surface area (Å²) < 4.78 is 5.45. The highest BCUT2D eigenvalue weighted by atomic mass is 35.5. The molecule has 0 heterocycles. The minimum absolute atomic E-state index is 0.176. The number of hydrazine groups is 1. The average Bonchev–Trinajstić information content (AvgIpc) is 2.54. The molecule has 0 aliphatic carbocycles. The molecular formula is C16H13Cl3N2O3. The Hall–Kier alpha value is -1.95. The van der Waals surface area contributed by atoms with E-state index in [-0.39, 0.29) is 10.6 Å². The number of rotatable bonds is 4. The summed E-state index contributed by atoms with van der Waals surface area (Å²) in [5.74, 6) is -0.753. The van der Waals surface area contributed by atoms with Gasteiger partial charge in [-0.05, 0) is 37.3 Å². The molecule has 2 aromatic carbocycles. The number of carbonyl (C=O) groups is 2. The van der Waals surface area contributed by atoms with Gasteiger partial charge in [-0.3, -0.25) is 20.4 Å². The van der Waals surface area contributed by atoms with Crippen molar-refractivity contribution in [1.29, 1.82) is 0 Å². The van der Waals surface area contributed by atoms with E-state index in [4.69, 9.17) is 39.5 Å². The van der Waals surface area contributed by atoms with E-state index in [2.05, 4.69) is 10.9 Å². The lowest BCUT2D eigenvalue weighted by Gasteiger charge is -2.16. The van der Waals surface area contributed by atoms with Crippen molar-refractivity contribution in [1.82, 2.24) is 10.9 Å². The van der Waals surface area contributed by atoms with Crippen LogP contribution in [0.1, 0.15) is 17.3 Å². The molecule has 1 unspecified atom stereocenters. The van der Waals surface area contributed by atoms with Gasteiger partial charge in [0.25, 0.3) is 11.8 Å². The van der Waals surface area contributed by atoms with Crippen LogP contribution >= 0.6 is 34.8 Å². The number of nitrogens with one attached hydrogen (secondary N) is 2. The second-order valence-corrected chi connectivity index (χ2v) is 6.01. The number of hydrogen-bond acceptors (Lipinski definition) is 3. The standard InChI is InChI=1S/C16H13Cl3N2O3/c1-9(24-14-5-3-2-4-12(14)18)15(22)20-21-16(23)11-7-6-10(17)8-13(11)19/h2-9H,1H3,(H,20,22)(H,21,23). The number of benzene rings is 2. The minimum atomic E-state index is -0.870. The van der Waals surface area contributed by atoms with E-state index in [0.717, 1.165) is 0 Å². The molecule has 0 aromatic heterocycles. The van der Waals surface area contributed by atoms with Crippen LogP contribution < -0.4 is 15.6 Å². The molecule has 0 aliphatic rings. The lowest BCUT2D eigenvalue weighted by atomic mass is 10.2. The highest BCUT2D eigenvalue weighted by molar-refractivity contribution is 6.36. The summed E-state index contributed by atoms with van der Waals surface area (Å²) in [7, 11) is 0. The van der Waals surface area contributed by atoms with Crippen LogP contribution in [0, 0.1) is 0 Å². The maximum atomic E-state index is 12.0. The summed E-state index contributed by atoms with van der Waals surface area (Å²) >= 11 is 17.7. The molecule has 2 rings (SSSR count). The molecule has 2 N–H and O–H groups in total. The first-order chi connectivity index (χ1) is 11.4. The van der Waals surface area contributed by atoms with E-state index >= 15 is 0 Å². The topological polar surface area (TPSA) is 67.4 Å². The second kappa shape index (κ2) is 8.24. The van der Waals surface area contributed by atoms with Crippen molar-refractivity contribution in [3.05, 3.63) is 63.1 Å². The molecule has 0 radical (unpaired) electrons. The zero-order chi connectivity index (χ0) is 17.7. The molecule has 5 nitrogen and oxygen atoms in total. The predicted octanol–water partition coefficient (Wildman–Crippen LogP) is 3.88. The molecular weight excluding hydrogens is 375 g/mol. The molecule has 2 aromatic rings. The lowest BCUT2D eigenvalue weighted by Crippen LogP contribution is -2.47. The molecule has 1 atom stereocenters. The maximum Gasteiger partial charge on any atom is 0.279 e. The maximum absolute atomic E-state index is 12.0. The quantitative estimate of drug-likeness (QED) is 0.783. The lowest BCUT2D eigenvalue weighted by molar-refractivity contribution is -0.128. The van der Waals surface area contributed by atoms with Gasteiger partial charge in [-0.2, -0.15) is 0 Å². The molecule has 0 aliphatic heterocycles. The van der Waals surface area contributed by atoms with Gasteiger partial charge in [0.2, 0.25) is 0 Å². The van der Waals surface area contributed by atoms with Crippen LogP contribution in [0.5, 0.6) is 5.75 Å². The zero-order valence-electron chi connectivity index (χ0n) is 12.5. The fourth-order valence-electron chi connectivity index (χ4n) is 1.75. The van der Waals surface area contributed by atoms with E-state index in [0.29, 0.717) is 15.8 Å². The number of halogens is 3. The Bertz CT molecular complexity index is 768. The number of ether oxygens (including phenoxy) is 1. The molecule has 0 saturated heterocycles. The largest absolute Gasteiger partial charge is 0.479 e. The summed E-state index contributed by atoms with van der Waals surface area (Å²) in [4.78, 5) is 24.0. The van der Waals surface area contributed by atoms with Gasteiger partial charge in [-0.25, -0.2) is 0 Å². The van der Waals surface area contributed by atoms with Gasteiger partial charge in [-0.15, -0.1) is 0 Å². The van der Waals surface area contributed by atoms with Gasteiger partial charge in [0.05, 0.1) is 15.6 Å². The summed E-state index contributed by atoms with van der Waals surface area (Å²) in [6, 6.07) is 11.2. The normalized spacial score (nSPS) is 11.5. The van der Waals surface area contributed by atoms with Crippen molar-refractivity contribution in [3.8, 4) is 5.75 Å². The monoisotopic (exact) mass is 386 g/mol. The Balaban J connectivity index is 1.92. The van der Waals surface area contributed by atoms with Crippen LogP contribution in [0.2, 0.25) is 15.1 Å². The van der Waals surface area contributed by atoms with Crippen molar-refractivity contribution in [2.24, 2.45) is 0 Å². The van der Waals surface area contributed by atoms with Gasteiger partial charge >= 0.3 is 0 Å². The molecule has 126 valence electrons. The van der Waals surface area contributed by atoms with Crippen LogP contribution in [0.4, 0.5) is 0 Å². The Labute approximate surface area is 153 Å². The van der Waals surface area contributed by atoms with Crippen LogP contribution in [0.3, 0.4) is 0 Å². The average molecular weight is 388 g/mol. The second-order valence-electron chi connectivity index (χ2n) is 4.76. The van der Waals surface area contributed by atoms with E-state index in [1.807, 2.05) is 0 Å². The van der Waals surface area contributed by atoms with E-state index in [1.54, 1.807) is 24.3 Å². The predicted molar refractivity (Wildman–Crippen MR) is 93.6 cm³/mol. The summed E-state index contributed by atoms with van der Waals surface area (Å²) in [6.45, 7) is 1.53. The van der Waals surface area contributed by atoms with Gasteiger partial charge in [-0.1, -0.05) is 46.9 Å². The summed E-state index contributed by atoms with van der Waals surface area (Å²) in [5, 5.41) is 0.964. The minimum Gasteiger partial charge on any atom is -0.479 e. The highest BCUT2D eigenvalue weighted by Crippen LogP contribution is 2.24. The first-order valence-corrected chi connectivity index (χ1v) is 7.98. The fourth-order valence-corrected chi connectivity index (χ4v) is 2.42. The first-order valence-electron chi connectivity index (χ1n) is 6.85. The Morgan fingerprint density at radius 2 is 1.71 bits per heavy atom. The van der Waals surface area contributed by atoms with E-state index < -0.39 is 17.9 Å². The van der Waals surface area contributed by atoms with Gasteiger partial charge in [0.1, 0.15) is 5.75 Å². The van der Waals surface area contributed by atoms with Gasteiger partial charge < -0.3 is 4.74 Å². The molecule has 0 spiro atoms. The molecule has 0 bridgehead atoms. The summed E-state index contributed by atoms with van der Waals surface area (Å²) in [6.07, 6.45) is -0.870.